The molecule has 4 rings (SSSR count). The molecule has 31 heavy (non-hydrogen) atoms. The van der Waals surface area contributed by atoms with Crippen LogP contribution in [0.25, 0.3) is 11.3 Å². The molecule has 0 saturated heterocycles. The summed E-state index contributed by atoms with van der Waals surface area (Å²) in [5.41, 5.74) is 14.4. The van der Waals surface area contributed by atoms with Gasteiger partial charge in [-0.1, -0.05) is 24.3 Å². The summed E-state index contributed by atoms with van der Waals surface area (Å²) < 4.78 is 16.3. The molecule has 9 heteroatoms. The maximum atomic E-state index is 10.9. The molecule has 1 aliphatic heterocycles. The van der Waals surface area contributed by atoms with Crippen molar-refractivity contribution >= 4 is 5.91 Å². The zero-order valence-corrected chi connectivity index (χ0v) is 16.6. The molecule has 2 aromatic carbocycles. The third-order valence-corrected chi connectivity index (χ3v) is 4.89. The number of carbonyl (C=O) groups is 1. The highest BCUT2D eigenvalue weighted by Crippen LogP contribution is 2.46. The van der Waals surface area contributed by atoms with E-state index < -0.39 is 11.8 Å². The van der Waals surface area contributed by atoms with E-state index in [4.69, 9.17) is 25.7 Å². The Labute approximate surface area is 177 Å². The number of nitrogens with two attached hydrogens (primary N) is 2. The van der Waals surface area contributed by atoms with Gasteiger partial charge in [-0.2, -0.15) is 5.26 Å². The topological polar surface area (TPSA) is 149 Å². The lowest BCUT2D eigenvalue weighted by molar-refractivity contribution is -0.119. The molecule has 9 nitrogen and oxygen atoms in total. The second kappa shape index (κ2) is 8.12. The Morgan fingerprint density at radius 3 is 2.71 bits per heavy atom. The third kappa shape index (κ3) is 3.74. The van der Waals surface area contributed by atoms with Crippen LogP contribution < -0.4 is 25.7 Å². The van der Waals surface area contributed by atoms with Gasteiger partial charge in [0.2, 0.25) is 11.8 Å². The van der Waals surface area contributed by atoms with E-state index in [1.165, 1.54) is 0 Å². The van der Waals surface area contributed by atoms with E-state index >= 15 is 0 Å². The van der Waals surface area contributed by atoms with E-state index in [1.54, 1.807) is 31.4 Å². The average Bonchev–Trinajstić information content (AvgIpc) is 3.20. The molecule has 0 aliphatic carbocycles. The summed E-state index contributed by atoms with van der Waals surface area (Å²) in [6.45, 7) is -0.223. The molecule has 156 valence electrons. The number of aromatic nitrogens is 2. The Kier molecular flexibility index (Phi) is 5.20. The van der Waals surface area contributed by atoms with Crippen LogP contribution in [0.5, 0.6) is 17.4 Å². The summed E-state index contributed by atoms with van der Waals surface area (Å²) in [5, 5.41) is 17.1. The van der Waals surface area contributed by atoms with Gasteiger partial charge in [-0.15, -0.1) is 5.10 Å². The largest absolute Gasteiger partial charge is 0.497 e. The van der Waals surface area contributed by atoms with E-state index in [2.05, 4.69) is 16.3 Å². The molecule has 0 saturated carbocycles. The number of aromatic amines is 1. The first-order chi connectivity index (χ1) is 15.0. The zero-order chi connectivity index (χ0) is 22.0. The smallest absolute Gasteiger partial charge is 0.255 e. The minimum absolute atomic E-state index is 0.00209. The van der Waals surface area contributed by atoms with Crippen molar-refractivity contribution < 1.29 is 19.0 Å². The summed E-state index contributed by atoms with van der Waals surface area (Å²) in [4.78, 5) is 10.9. The average molecular weight is 417 g/mol. The number of H-pyrrole nitrogens is 1. The summed E-state index contributed by atoms with van der Waals surface area (Å²) in [6.07, 6.45) is 0. The van der Waals surface area contributed by atoms with Crippen molar-refractivity contribution in [3.05, 3.63) is 71.1 Å². The highest BCUT2D eigenvalue weighted by molar-refractivity contribution is 5.75. The number of hydrogen-bond acceptors (Lipinski definition) is 7. The molecule has 0 unspecified atom stereocenters. The zero-order valence-electron chi connectivity index (χ0n) is 16.6. The Hall–Kier alpha value is -4.45. The van der Waals surface area contributed by atoms with E-state index in [0.29, 0.717) is 28.6 Å². The third-order valence-electron chi connectivity index (χ3n) is 4.89. The van der Waals surface area contributed by atoms with Crippen LogP contribution in [-0.4, -0.2) is 29.8 Å². The number of rotatable bonds is 6. The molecule has 1 amide bonds. The number of hydrogen-bond donors (Lipinski definition) is 3. The first kappa shape index (κ1) is 19.8. The normalized spacial score (nSPS) is 14.9. The Bertz CT molecular complexity index is 1210. The monoisotopic (exact) mass is 417 g/mol. The van der Waals surface area contributed by atoms with Gasteiger partial charge in [0, 0.05) is 5.56 Å². The van der Waals surface area contributed by atoms with E-state index in [9.17, 15) is 10.1 Å². The first-order valence-electron chi connectivity index (χ1n) is 9.33. The van der Waals surface area contributed by atoms with Crippen molar-refractivity contribution in [3.8, 4) is 34.7 Å². The van der Waals surface area contributed by atoms with Gasteiger partial charge in [-0.05, 0) is 29.8 Å². The number of nitriles is 1. The summed E-state index contributed by atoms with van der Waals surface area (Å²) in [5.74, 6) is 0.373. The summed E-state index contributed by atoms with van der Waals surface area (Å²) >= 11 is 0. The van der Waals surface area contributed by atoms with Gasteiger partial charge in [0.15, 0.2) is 6.61 Å². The van der Waals surface area contributed by atoms with Crippen molar-refractivity contribution in [2.24, 2.45) is 11.5 Å². The maximum absolute atomic E-state index is 10.9. The Morgan fingerprint density at radius 2 is 2.03 bits per heavy atom. The second-order valence-electron chi connectivity index (χ2n) is 6.80. The fraction of sp³-hybridized carbons (Fsp3) is 0.136. The van der Waals surface area contributed by atoms with Gasteiger partial charge in [0.05, 0.1) is 24.3 Å². The standard InChI is InChI=1S/C22H19N5O4/c1-29-15-4-2-3-13(9-15)20-19-18(16(10-23)21(25)31-22(19)27-26-20)12-5-7-14(8-6-12)30-11-17(24)28/h2-9,18H,11,25H2,1H3,(H2,24,28)(H,26,27)/t18-/m1/s1. The van der Waals surface area contributed by atoms with Crippen LogP contribution in [0, 0.1) is 11.3 Å². The van der Waals surface area contributed by atoms with Gasteiger partial charge >= 0.3 is 0 Å². The summed E-state index contributed by atoms with van der Waals surface area (Å²) in [6, 6.07) is 16.6. The number of allylic oxidation sites excluding steroid dienone is 1. The second-order valence-corrected chi connectivity index (χ2v) is 6.80. The quantitative estimate of drug-likeness (QED) is 0.556. The SMILES string of the molecule is COc1cccc(-c2[nH]nc3c2[C@H](c2ccc(OCC(N)=O)cc2)C(C#N)=C(N)O3)c1. The van der Waals surface area contributed by atoms with Crippen LogP contribution in [0.3, 0.4) is 0 Å². The number of primary amides is 1. The lowest BCUT2D eigenvalue weighted by Crippen LogP contribution is -2.21. The van der Waals surface area contributed by atoms with E-state index in [0.717, 1.165) is 11.1 Å². The van der Waals surface area contributed by atoms with Crippen LogP contribution in [0.2, 0.25) is 0 Å². The molecule has 0 spiro atoms. The van der Waals surface area contributed by atoms with Gasteiger partial charge in [0.25, 0.3) is 5.91 Å². The van der Waals surface area contributed by atoms with E-state index in [1.807, 2.05) is 24.3 Å². The Morgan fingerprint density at radius 1 is 1.26 bits per heavy atom. The number of methoxy groups -OCH3 is 1. The fourth-order valence-corrected chi connectivity index (χ4v) is 3.49. The molecule has 0 bridgehead atoms. The van der Waals surface area contributed by atoms with Crippen LogP contribution in [-0.2, 0) is 4.79 Å². The highest BCUT2D eigenvalue weighted by atomic mass is 16.5. The number of nitrogens with zero attached hydrogens (tertiary/aromatic N) is 2. The molecule has 0 fully saturated rings. The Balaban J connectivity index is 1.80. The number of benzene rings is 2. The molecule has 1 aromatic heterocycles. The summed E-state index contributed by atoms with van der Waals surface area (Å²) in [7, 11) is 1.59. The molecule has 1 atom stereocenters. The number of nitrogens with one attached hydrogen (secondary N) is 1. The van der Waals surface area contributed by atoms with Crippen molar-refractivity contribution in [2.45, 2.75) is 5.92 Å². The molecule has 0 radical (unpaired) electrons. The van der Waals surface area contributed by atoms with Crippen LogP contribution in [0.4, 0.5) is 0 Å². The molecule has 1 aliphatic rings. The van der Waals surface area contributed by atoms with Crippen LogP contribution in [0.15, 0.2) is 60.0 Å². The number of carbonyl (C=O) groups excluding carboxylic acids is 1. The predicted octanol–water partition coefficient (Wildman–Crippen LogP) is 2.17. The minimum Gasteiger partial charge on any atom is -0.497 e. The molecule has 2 heterocycles. The van der Waals surface area contributed by atoms with Crippen molar-refractivity contribution in [1.29, 1.82) is 5.26 Å². The first-order valence-corrected chi connectivity index (χ1v) is 9.33. The minimum atomic E-state index is -0.568. The number of ether oxygens (including phenoxy) is 3. The van der Waals surface area contributed by atoms with E-state index in [-0.39, 0.29) is 18.1 Å². The molecule has 3 aromatic rings. The molecular weight excluding hydrogens is 398 g/mol. The van der Waals surface area contributed by atoms with Crippen LogP contribution in [0.1, 0.15) is 17.0 Å². The number of fused-ring (bicyclic) bond motifs is 1. The maximum Gasteiger partial charge on any atom is 0.255 e. The van der Waals surface area contributed by atoms with Crippen molar-refractivity contribution in [1.82, 2.24) is 10.2 Å². The highest BCUT2D eigenvalue weighted by Gasteiger charge is 2.35. The van der Waals surface area contributed by atoms with Crippen molar-refractivity contribution in [3.63, 3.8) is 0 Å². The van der Waals surface area contributed by atoms with Gasteiger partial charge < -0.3 is 25.7 Å². The lowest BCUT2D eigenvalue weighted by Gasteiger charge is -2.24. The van der Waals surface area contributed by atoms with Gasteiger partial charge in [0.1, 0.15) is 23.1 Å². The number of amides is 1. The van der Waals surface area contributed by atoms with Gasteiger partial charge in [-0.25, -0.2) is 0 Å². The molecular formula is C22H19N5O4. The van der Waals surface area contributed by atoms with Crippen molar-refractivity contribution in [2.75, 3.05) is 13.7 Å². The predicted molar refractivity (Wildman–Crippen MR) is 111 cm³/mol. The lowest BCUT2D eigenvalue weighted by atomic mass is 9.83. The fourth-order valence-electron chi connectivity index (χ4n) is 3.49. The molecule has 5 N–H and O–H groups in total. The van der Waals surface area contributed by atoms with Gasteiger partial charge in [-0.3, -0.25) is 9.89 Å². The van der Waals surface area contributed by atoms with Crippen LogP contribution >= 0.6 is 0 Å².